The van der Waals surface area contributed by atoms with Crippen molar-refractivity contribution in [2.45, 2.75) is 0 Å². The molecule has 6 nitrogen and oxygen atoms in total. The summed E-state index contributed by atoms with van der Waals surface area (Å²) in [6, 6.07) is -1.67. The fourth-order valence-corrected chi connectivity index (χ4v) is 0. The number of carbonyl (C=O) groups is 2. The number of nitrogens with two attached hydrogens (primary N) is 4. The smallest absolute Gasteiger partial charge is 0.309 e. The molecule has 4 amide bonds. The summed E-state index contributed by atoms with van der Waals surface area (Å²) >= 11 is 0. The molecule has 0 aliphatic carbocycles. The fourth-order valence-electron chi connectivity index (χ4n) is 0. The number of hydrogen-bond donors (Lipinski definition) is 4. The van der Waals surface area contributed by atoms with Gasteiger partial charge in [0.05, 0.1) is 0 Å². The number of rotatable bonds is 0. The molecule has 0 aromatic carbocycles. The van der Waals surface area contributed by atoms with Crippen molar-refractivity contribution in [1.82, 2.24) is 0 Å². The topological polar surface area (TPSA) is 138 Å². The zero-order chi connectivity index (χ0) is 7.15. The van der Waals surface area contributed by atoms with Gasteiger partial charge in [0.2, 0.25) is 0 Å². The van der Waals surface area contributed by atoms with E-state index in [0.717, 1.165) is 0 Å². The van der Waals surface area contributed by atoms with Gasteiger partial charge in [-0.25, -0.2) is 9.59 Å². The van der Waals surface area contributed by atoms with Gasteiger partial charge in [-0.1, -0.05) is 0 Å². The maximum atomic E-state index is 9.00. The Kier molecular flexibility index (Phi) is 18.5. The largest absolute Gasteiger partial charge is 0.352 e. The molecule has 0 bridgehead atoms. The predicted octanol–water partition coefficient (Wildman–Crippen LogP) is -2.33. The van der Waals surface area contributed by atoms with Crippen LogP contribution in [-0.2, 0) is 0 Å². The summed E-state index contributed by atoms with van der Waals surface area (Å²) in [6.45, 7) is 0. The summed E-state index contributed by atoms with van der Waals surface area (Å²) in [5, 5.41) is 0. The van der Waals surface area contributed by atoms with Gasteiger partial charge in [-0.2, -0.15) is 0 Å². The van der Waals surface area contributed by atoms with Gasteiger partial charge in [0.15, 0.2) is 0 Å². The number of hydrogen-bond acceptors (Lipinski definition) is 2. The van der Waals surface area contributed by atoms with Crippen LogP contribution in [0.4, 0.5) is 9.59 Å². The van der Waals surface area contributed by atoms with E-state index in [4.69, 9.17) is 9.59 Å². The Balaban J connectivity index is -0.0000000720. The molecule has 9 heavy (non-hydrogen) atoms. The van der Waals surface area contributed by atoms with Crippen LogP contribution in [0.25, 0.3) is 0 Å². The van der Waals surface area contributed by atoms with E-state index in [1.165, 1.54) is 0 Å². The first kappa shape index (κ1) is 15.8. The van der Waals surface area contributed by atoms with Crippen molar-refractivity contribution in [2.75, 3.05) is 0 Å². The van der Waals surface area contributed by atoms with E-state index in [1.807, 2.05) is 0 Å². The van der Waals surface area contributed by atoms with Gasteiger partial charge in [-0.3, -0.25) is 0 Å². The van der Waals surface area contributed by atoms with Crippen LogP contribution in [0.3, 0.4) is 0 Å². The molecule has 8 N–H and O–H groups in total. The van der Waals surface area contributed by atoms with E-state index >= 15 is 0 Å². The molecule has 0 unspecified atom stereocenters. The minimum atomic E-state index is -0.833. The number of urea groups is 2. The maximum Gasteiger partial charge on any atom is 0.309 e. The molecule has 7 heteroatoms. The molecule has 1 radical (unpaired) electrons. The standard InChI is InChI=1S/2CH4N2O.Na/c2*2-1(3)4;/h2*(H4,2,3,4);. The molecule has 0 aromatic heterocycles. The number of amides is 4. The average Bonchev–Trinajstić information content (AvgIpc) is 1.25. The molecule has 0 heterocycles. The zero-order valence-electron chi connectivity index (χ0n) is 5.13. The van der Waals surface area contributed by atoms with E-state index in [-0.39, 0.29) is 29.6 Å². The van der Waals surface area contributed by atoms with Crippen molar-refractivity contribution in [3.8, 4) is 0 Å². The molecule has 0 aliphatic heterocycles. The molecule has 0 atom stereocenters. The zero-order valence-corrected chi connectivity index (χ0v) is 7.13. The Morgan fingerprint density at radius 1 is 0.778 bits per heavy atom. The summed E-state index contributed by atoms with van der Waals surface area (Å²) in [4.78, 5) is 18.0. The van der Waals surface area contributed by atoms with E-state index in [9.17, 15) is 0 Å². The van der Waals surface area contributed by atoms with Gasteiger partial charge in [0, 0.05) is 29.6 Å². The Labute approximate surface area is 74.2 Å². The maximum absolute atomic E-state index is 9.00. The SMILES string of the molecule is NC(N)=O.NC(N)=O.[Na]. The minimum Gasteiger partial charge on any atom is -0.352 e. The van der Waals surface area contributed by atoms with E-state index < -0.39 is 12.1 Å². The first-order valence-corrected chi connectivity index (χ1v) is 1.56. The van der Waals surface area contributed by atoms with Gasteiger partial charge in [-0.05, 0) is 0 Å². The third-order valence-electron chi connectivity index (χ3n) is 0. The van der Waals surface area contributed by atoms with Gasteiger partial charge >= 0.3 is 12.1 Å². The summed E-state index contributed by atoms with van der Waals surface area (Å²) in [5.41, 5.74) is 17.0. The summed E-state index contributed by atoms with van der Waals surface area (Å²) in [7, 11) is 0. The molecule has 49 valence electrons. The van der Waals surface area contributed by atoms with Gasteiger partial charge in [-0.15, -0.1) is 0 Å². The second kappa shape index (κ2) is 10.5. The van der Waals surface area contributed by atoms with Gasteiger partial charge in [0.1, 0.15) is 0 Å². The number of carbonyl (C=O) groups excluding carboxylic acids is 2. The molecule has 0 saturated carbocycles. The van der Waals surface area contributed by atoms with E-state index in [0.29, 0.717) is 0 Å². The quantitative estimate of drug-likeness (QED) is 0.282. The Bertz CT molecular complexity index is 74.6. The second-order valence-corrected chi connectivity index (χ2v) is 0.805. The van der Waals surface area contributed by atoms with Crippen molar-refractivity contribution in [1.29, 1.82) is 0 Å². The Morgan fingerprint density at radius 3 is 0.778 bits per heavy atom. The third kappa shape index (κ3) is 1090. The Hall–Kier alpha value is -0.460. The molecule has 0 rings (SSSR count). The molecule has 0 saturated heterocycles. The summed E-state index contributed by atoms with van der Waals surface area (Å²) in [6.07, 6.45) is 0. The van der Waals surface area contributed by atoms with Crippen LogP contribution in [0.2, 0.25) is 0 Å². The van der Waals surface area contributed by atoms with E-state index in [2.05, 4.69) is 22.9 Å². The molecule has 0 spiro atoms. The number of primary amides is 4. The monoisotopic (exact) mass is 143 g/mol. The molecule has 0 aromatic rings. The third-order valence-corrected chi connectivity index (χ3v) is 0. The van der Waals surface area contributed by atoms with Crippen LogP contribution < -0.4 is 22.9 Å². The van der Waals surface area contributed by atoms with Crippen LogP contribution in [0, 0.1) is 0 Å². The average molecular weight is 143 g/mol. The molecule has 0 fully saturated rings. The second-order valence-electron chi connectivity index (χ2n) is 0.805. The summed E-state index contributed by atoms with van der Waals surface area (Å²) in [5.74, 6) is 0. The fraction of sp³-hybridized carbons (Fsp3) is 0. The van der Waals surface area contributed by atoms with Crippen LogP contribution in [-0.4, -0.2) is 41.6 Å². The van der Waals surface area contributed by atoms with Crippen molar-refractivity contribution >= 4 is 41.6 Å². The molecular formula is C2H8N4NaO2. The predicted molar refractivity (Wildman–Crippen MR) is 33.3 cm³/mol. The van der Waals surface area contributed by atoms with E-state index in [1.54, 1.807) is 0 Å². The van der Waals surface area contributed by atoms with Gasteiger partial charge in [0.25, 0.3) is 0 Å². The van der Waals surface area contributed by atoms with Crippen molar-refractivity contribution in [3.63, 3.8) is 0 Å². The van der Waals surface area contributed by atoms with Crippen LogP contribution in [0.15, 0.2) is 0 Å². The molecular weight excluding hydrogens is 135 g/mol. The van der Waals surface area contributed by atoms with Crippen LogP contribution in [0.5, 0.6) is 0 Å². The van der Waals surface area contributed by atoms with Crippen molar-refractivity contribution < 1.29 is 9.59 Å². The minimum absolute atomic E-state index is 0. The van der Waals surface area contributed by atoms with Crippen LogP contribution in [0.1, 0.15) is 0 Å². The Morgan fingerprint density at radius 2 is 0.778 bits per heavy atom. The molecule has 0 aliphatic rings. The van der Waals surface area contributed by atoms with Crippen molar-refractivity contribution in [2.24, 2.45) is 22.9 Å². The van der Waals surface area contributed by atoms with Crippen molar-refractivity contribution in [3.05, 3.63) is 0 Å². The first-order valence-electron chi connectivity index (χ1n) is 1.56. The van der Waals surface area contributed by atoms with Gasteiger partial charge < -0.3 is 22.9 Å². The normalized spacial score (nSPS) is 5.33. The summed E-state index contributed by atoms with van der Waals surface area (Å²) < 4.78 is 0. The first-order chi connectivity index (χ1) is 3.46. The van der Waals surface area contributed by atoms with Crippen LogP contribution >= 0.6 is 0 Å².